The molecule has 2 heterocycles. The summed E-state index contributed by atoms with van der Waals surface area (Å²) in [4.78, 5) is 8.61. The zero-order valence-corrected chi connectivity index (χ0v) is 15.0. The molecule has 0 saturated carbocycles. The van der Waals surface area contributed by atoms with Crippen LogP contribution in [0.1, 0.15) is 32.5 Å². The molecule has 3 aromatic rings. The Morgan fingerprint density at radius 3 is 2.35 bits per heavy atom. The molecule has 0 radical (unpaired) electrons. The molecule has 0 amide bonds. The average Bonchev–Trinajstić information content (AvgIpc) is 3.14. The fraction of sp³-hybridized carbons (Fsp3) is 0.294. The van der Waals surface area contributed by atoms with Gasteiger partial charge in [-0.05, 0) is 19.1 Å². The van der Waals surface area contributed by atoms with E-state index in [0.29, 0.717) is 15.8 Å². The summed E-state index contributed by atoms with van der Waals surface area (Å²) in [5.41, 5.74) is 1.40. The Morgan fingerprint density at radius 1 is 1.17 bits per heavy atom. The maximum Gasteiger partial charge on any atom is 0.201 e. The minimum absolute atomic E-state index is 0.186. The van der Waals surface area contributed by atoms with Gasteiger partial charge in [0.1, 0.15) is 11.5 Å². The van der Waals surface area contributed by atoms with Crippen molar-refractivity contribution in [3.63, 3.8) is 0 Å². The number of hydrogen-bond donors (Lipinski definition) is 1. The zero-order valence-electron chi connectivity index (χ0n) is 13.5. The predicted molar refractivity (Wildman–Crippen MR) is 96.7 cm³/mol. The van der Waals surface area contributed by atoms with Gasteiger partial charge in [-0.3, -0.25) is 4.57 Å². The van der Waals surface area contributed by atoms with Gasteiger partial charge >= 0.3 is 0 Å². The lowest BCUT2D eigenvalue weighted by Crippen LogP contribution is -1.94. The summed E-state index contributed by atoms with van der Waals surface area (Å²) < 4.78 is 1.84. The number of aromatic hydroxyl groups is 1. The second-order valence-corrected chi connectivity index (χ2v) is 6.39. The minimum Gasteiger partial charge on any atom is -0.498 e. The number of aromatic nitrogens is 3. The summed E-state index contributed by atoms with van der Waals surface area (Å²) in [7, 11) is 0. The van der Waals surface area contributed by atoms with E-state index in [0.717, 1.165) is 11.4 Å². The molecular formula is C17H20ClN3OS. The average molecular weight is 350 g/mol. The molecule has 4 nitrogen and oxygen atoms in total. The number of imidazole rings is 1. The number of hydrogen-bond acceptors (Lipinski definition) is 4. The molecule has 0 saturated heterocycles. The predicted octanol–water partition coefficient (Wildman–Crippen LogP) is 5.47. The fourth-order valence-electron chi connectivity index (χ4n) is 1.78. The first-order valence-corrected chi connectivity index (χ1v) is 8.72. The highest BCUT2D eigenvalue weighted by molar-refractivity contribution is 7.16. The molecule has 0 atom stereocenters. The molecule has 0 unspecified atom stereocenters. The van der Waals surface area contributed by atoms with Crippen molar-refractivity contribution in [3.8, 4) is 21.5 Å². The number of nitrogens with zero attached hydrogens (tertiary/aromatic N) is 3. The fourth-order valence-corrected chi connectivity index (χ4v) is 2.77. The number of thiazole rings is 1. The molecule has 122 valence electrons. The van der Waals surface area contributed by atoms with E-state index in [-0.39, 0.29) is 5.06 Å². The summed E-state index contributed by atoms with van der Waals surface area (Å²) in [5, 5.41) is 11.6. The van der Waals surface area contributed by atoms with Gasteiger partial charge in [0.25, 0.3) is 0 Å². The maximum absolute atomic E-state index is 10.0. The van der Waals surface area contributed by atoms with Crippen LogP contribution in [0.2, 0.25) is 5.02 Å². The summed E-state index contributed by atoms with van der Waals surface area (Å²) >= 11 is 7.07. The third-order valence-corrected chi connectivity index (χ3v) is 4.36. The van der Waals surface area contributed by atoms with E-state index in [1.807, 2.05) is 29.8 Å². The first-order chi connectivity index (χ1) is 11.1. The van der Waals surface area contributed by atoms with Crippen molar-refractivity contribution in [2.24, 2.45) is 0 Å². The van der Waals surface area contributed by atoms with Crippen molar-refractivity contribution in [1.82, 2.24) is 14.5 Å². The minimum atomic E-state index is 0.186. The molecule has 0 fully saturated rings. The Labute approximate surface area is 145 Å². The molecule has 0 spiro atoms. The second kappa shape index (κ2) is 8.13. The van der Waals surface area contributed by atoms with Crippen molar-refractivity contribution in [2.75, 3.05) is 0 Å². The normalized spacial score (nSPS) is 10.3. The Kier molecular flexibility index (Phi) is 6.19. The Hall–Kier alpha value is -1.85. The maximum atomic E-state index is 10.0. The Morgan fingerprint density at radius 2 is 1.83 bits per heavy atom. The van der Waals surface area contributed by atoms with Crippen molar-refractivity contribution in [3.05, 3.63) is 47.5 Å². The number of rotatable bonds is 3. The molecule has 0 aliphatic rings. The van der Waals surface area contributed by atoms with Crippen LogP contribution in [-0.4, -0.2) is 19.6 Å². The summed E-state index contributed by atoms with van der Waals surface area (Å²) in [6.45, 7) is 6.25. The molecule has 0 aliphatic carbocycles. The van der Waals surface area contributed by atoms with E-state index in [2.05, 4.69) is 23.8 Å². The van der Waals surface area contributed by atoms with Gasteiger partial charge in [0.2, 0.25) is 5.06 Å². The lowest BCUT2D eigenvalue weighted by Gasteiger charge is -1.98. The summed E-state index contributed by atoms with van der Waals surface area (Å²) in [6, 6.07) is 7.22. The third-order valence-electron chi connectivity index (χ3n) is 3.25. The summed E-state index contributed by atoms with van der Waals surface area (Å²) in [6.07, 6.45) is 6.16. The highest BCUT2D eigenvalue weighted by Crippen LogP contribution is 2.36. The topological polar surface area (TPSA) is 50.9 Å². The van der Waals surface area contributed by atoms with Gasteiger partial charge < -0.3 is 5.11 Å². The van der Waals surface area contributed by atoms with Gasteiger partial charge in [0, 0.05) is 23.0 Å². The molecule has 2 aromatic heterocycles. The van der Waals surface area contributed by atoms with E-state index in [1.54, 1.807) is 18.3 Å². The first kappa shape index (κ1) is 17.5. The van der Waals surface area contributed by atoms with Crippen LogP contribution >= 0.6 is 22.9 Å². The van der Waals surface area contributed by atoms with E-state index in [9.17, 15) is 5.11 Å². The van der Waals surface area contributed by atoms with Crippen molar-refractivity contribution >= 4 is 22.9 Å². The zero-order chi connectivity index (χ0) is 16.8. The number of halogens is 1. The van der Waals surface area contributed by atoms with Crippen LogP contribution in [0.4, 0.5) is 0 Å². The van der Waals surface area contributed by atoms with E-state index < -0.39 is 0 Å². The van der Waals surface area contributed by atoms with Crippen LogP contribution < -0.4 is 0 Å². The van der Waals surface area contributed by atoms with Crippen molar-refractivity contribution < 1.29 is 5.11 Å². The molecule has 23 heavy (non-hydrogen) atoms. The highest BCUT2D eigenvalue weighted by atomic mass is 35.5. The molecule has 1 aromatic carbocycles. The third kappa shape index (κ3) is 4.33. The number of benzene rings is 1. The van der Waals surface area contributed by atoms with Crippen LogP contribution in [0.5, 0.6) is 5.06 Å². The van der Waals surface area contributed by atoms with Crippen LogP contribution in [0.15, 0.2) is 36.7 Å². The van der Waals surface area contributed by atoms with E-state index in [4.69, 9.17) is 11.6 Å². The molecule has 1 N–H and O–H groups in total. The van der Waals surface area contributed by atoms with Gasteiger partial charge in [-0.25, -0.2) is 9.97 Å². The lowest BCUT2D eigenvalue weighted by atomic mass is 10.2. The molecule has 0 bridgehead atoms. The van der Waals surface area contributed by atoms with E-state index >= 15 is 0 Å². The molecule has 3 rings (SSSR count). The summed E-state index contributed by atoms with van der Waals surface area (Å²) in [5.74, 6) is 0.830. The van der Waals surface area contributed by atoms with Gasteiger partial charge in [-0.1, -0.05) is 61.8 Å². The number of aryl methyl sites for hydroxylation is 1. The van der Waals surface area contributed by atoms with Crippen LogP contribution in [0, 0.1) is 6.92 Å². The molecule has 0 aliphatic heterocycles. The van der Waals surface area contributed by atoms with Crippen LogP contribution in [-0.2, 0) is 0 Å². The first-order valence-electron chi connectivity index (χ1n) is 7.52. The van der Waals surface area contributed by atoms with Crippen molar-refractivity contribution in [1.29, 1.82) is 0 Å². The quantitative estimate of drug-likeness (QED) is 0.682. The standard InChI is InChI=1S/C13H10ClN3OS.C4H10/c1-8-15-6-7-17(8)13-16-11(12(18)19-13)9-2-4-10(14)5-3-9;1-3-4-2/h2-7,18H,1H3;3-4H2,1-2H3. The highest BCUT2D eigenvalue weighted by Gasteiger charge is 2.14. The SMILES string of the molecule is CCCC.Cc1nccn1-c1nc(-c2ccc(Cl)cc2)c(O)s1. The Bertz CT molecular complexity index is 748. The van der Waals surface area contributed by atoms with Gasteiger partial charge in [-0.2, -0.15) is 0 Å². The van der Waals surface area contributed by atoms with E-state index in [1.165, 1.54) is 24.2 Å². The molecular weight excluding hydrogens is 330 g/mol. The molecule has 6 heteroatoms. The monoisotopic (exact) mass is 349 g/mol. The smallest absolute Gasteiger partial charge is 0.201 e. The Balaban J connectivity index is 0.000000433. The van der Waals surface area contributed by atoms with Crippen LogP contribution in [0.25, 0.3) is 16.4 Å². The lowest BCUT2D eigenvalue weighted by molar-refractivity contribution is 0.491. The van der Waals surface area contributed by atoms with Gasteiger partial charge in [0.15, 0.2) is 5.13 Å². The van der Waals surface area contributed by atoms with Gasteiger partial charge in [-0.15, -0.1) is 0 Å². The second-order valence-electron chi connectivity index (χ2n) is 5.00. The van der Waals surface area contributed by atoms with Gasteiger partial charge in [0.05, 0.1) is 0 Å². The van der Waals surface area contributed by atoms with Crippen LogP contribution in [0.3, 0.4) is 0 Å². The van der Waals surface area contributed by atoms with Crippen molar-refractivity contribution in [2.45, 2.75) is 33.6 Å². The largest absolute Gasteiger partial charge is 0.498 e. The number of unbranched alkanes of at least 4 members (excludes halogenated alkanes) is 1.